The molecule has 1 aromatic rings. The van der Waals surface area contributed by atoms with Gasteiger partial charge in [0.1, 0.15) is 11.6 Å². The summed E-state index contributed by atoms with van der Waals surface area (Å²) in [5, 5.41) is 8.87. The quantitative estimate of drug-likeness (QED) is 0.825. The molecule has 0 heterocycles. The van der Waals surface area contributed by atoms with Gasteiger partial charge in [0.25, 0.3) is 0 Å². The van der Waals surface area contributed by atoms with E-state index in [-0.39, 0.29) is 18.9 Å². The Morgan fingerprint density at radius 3 is 2.63 bits per heavy atom. The van der Waals surface area contributed by atoms with Crippen LogP contribution in [-0.4, -0.2) is 36.2 Å². The molecule has 1 aromatic carbocycles. The molecule has 0 aliphatic carbocycles. The molecule has 0 aliphatic heterocycles. The lowest BCUT2D eigenvalue weighted by Crippen LogP contribution is -2.32. The fourth-order valence-electron chi connectivity index (χ4n) is 1.92. The van der Waals surface area contributed by atoms with E-state index in [2.05, 4.69) is 0 Å². The molecule has 0 bridgehead atoms. The average Bonchev–Trinajstić information content (AvgIpc) is 2.30. The summed E-state index contributed by atoms with van der Waals surface area (Å²) >= 11 is 0. The first kappa shape index (κ1) is 15.4. The highest BCUT2D eigenvalue weighted by Gasteiger charge is 2.14. The molecule has 1 rings (SSSR count). The Labute approximate surface area is 112 Å². The van der Waals surface area contributed by atoms with Gasteiger partial charge in [0.05, 0.1) is 13.7 Å². The van der Waals surface area contributed by atoms with Gasteiger partial charge in [-0.3, -0.25) is 9.69 Å². The first-order valence-corrected chi connectivity index (χ1v) is 6.19. The predicted molar refractivity (Wildman–Crippen MR) is 70.7 cm³/mol. The van der Waals surface area contributed by atoms with E-state index in [1.54, 1.807) is 17.0 Å². The molecule has 0 atom stereocenters. The third-order valence-electron chi connectivity index (χ3n) is 2.64. The molecular formula is C14H20FNO3. The molecule has 0 radical (unpaired) electrons. The Balaban J connectivity index is 2.80. The van der Waals surface area contributed by atoms with E-state index in [9.17, 15) is 9.18 Å². The minimum atomic E-state index is -0.908. The van der Waals surface area contributed by atoms with Crippen LogP contribution in [0.2, 0.25) is 0 Å². The largest absolute Gasteiger partial charge is 0.497 e. The van der Waals surface area contributed by atoms with Crippen LogP contribution in [0.1, 0.15) is 19.4 Å². The van der Waals surface area contributed by atoms with Crippen molar-refractivity contribution in [3.05, 3.63) is 29.6 Å². The van der Waals surface area contributed by atoms with Crippen LogP contribution >= 0.6 is 0 Å². The van der Waals surface area contributed by atoms with E-state index >= 15 is 0 Å². The molecule has 4 nitrogen and oxygen atoms in total. The van der Waals surface area contributed by atoms with Crippen LogP contribution < -0.4 is 4.74 Å². The second kappa shape index (κ2) is 7.09. The number of rotatable bonds is 7. The summed E-state index contributed by atoms with van der Waals surface area (Å²) in [5.41, 5.74) is 0.475. The molecule has 106 valence electrons. The molecule has 0 spiro atoms. The van der Waals surface area contributed by atoms with Gasteiger partial charge in [-0.25, -0.2) is 4.39 Å². The number of ether oxygens (including phenoxy) is 1. The Morgan fingerprint density at radius 2 is 2.16 bits per heavy atom. The van der Waals surface area contributed by atoms with Crippen molar-refractivity contribution >= 4 is 5.97 Å². The van der Waals surface area contributed by atoms with Gasteiger partial charge in [-0.05, 0) is 12.0 Å². The summed E-state index contributed by atoms with van der Waals surface area (Å²) in [7, 11) is 1.48. The monoisotopic (exact) mass is 269 g/mol. The van der Waals surface area contributed by atoms with Gasteiger partial charge < -0.3 is 9.84 Å². The molecule has 0 aliphatic rings. The third kappa shape index (κ3) is 5.26. The summed E-state index contributed by atoms with van der Waals surface area (Å²) in [6.07, 6.45) is 0. The maximum absolute atomic E-state index is 13.8. The van der Waals surface area contributed by atoms with Crippen LogP contribution in [0.25, 0.3) is 0 Å². The standard InChI is InChI=1S/C14H20FNO3/c1-10(2)7-16(9-14(17)18)8-11-4-5-12(19-3)6-13(11)15/h4-6,10H,7-9H2,1-3H3,(H,17,18). The molecule has 0 fully saturated rings. The molecule has 0 amide bonds. The SMILES string of the molecule is COc1ccc(CN(CC(=O)O)CC(C)C)c(F)c1. The van der Waals surface area contributed by atoms with E-state index in [4.69, 9.17) is 9.84 Å². The van der Waals surface area contributed by atoms with Crippen molar-refractivity contribution in [1.29, 1.82) is 0 Å². The fourth-order valence-corrected chi connectivity index (χ4v) is 1.92. The van der Waals surface area contributed by atoms with E-state index in [0.717, 1.165) is 0 Å². The summed E-state index contributed by atoms with van der Waals surface area (Å²) in [6.45, 7) is 4.79. The molecular weight excluding hydrogens is 249 g/mol. The molecule has 0 aromatic heterocycles. The summed E-state index contributed by atoms with van der Waals surface area (Å²) < 4.78 is 18.8. The number of carboxylic acids is 1. The van der Waals surface area contributed by atoms with Crippen LogP contribution in [0, 0.1) is 11.7 Å². The maximum Gasteiger partial charge on any atom is 0.317 e. The average molecular weight is 269 g/mol. The minimum absolute atomic E-state index is 0.0936. The van der Waals surface area contributed by atoms with E-state index < -0.39 is 5.97 Å². The second-order valence-electron chi connectivity index (χ2n) is 4.91. The number of carbonyl (C=O) groups is 1. The first-order valence-electron chi connectivity index (χ1n) is 6.19. The number of benzene rings is 1. The number of hydrogen-bond acceptors (Lipinski definition) is 3. The smallest absolute Gasteiger partial charge is 0.317 e. The lowest BCUT2D eigenvalue weighted by molar-refractivity contribution is -0.138. The van der Waals surface area contributed by atoms with Crippen molar-refractivity contribution in [3.63, 3.8) is 0 Å². The second-order valence-corrected chi connectivity index (χ2v) is 4.91. The molecule has 19 heavy (non-hydrogen) atoms. The zero-order chi connectivity index (χ0) is 14.4. The minimum Gasteiger partial charge on any atom is -0.497 e. The van der Waals surface area contributed by atoms with Crippen LogP contribution in [0.4, 0.5) is 4.39 Å². The Hall–Kier alpha value is -1.62. The highest BCUT2D eigenvalue weighted by atomic mass is 19.1. The molecule has 0 unspecified atom stereocenters. The summed E-state index contributed by atoms with van der Waals surface area (Å²) in [5.74, 6) is -0.511. The van der Waals surface area contributed by atoms with Crippen LogP contribution in [0.3, 0.4) is 0 Å². The number of aliphatic carboxylic acids is 1. The van der Waals surface area contributed by atoms with E-state index in [1.165, 1.54) is 13.2 Å². The topological polar surface area (TPSA) is 49.8 Å². The highest BCUT2D eigenvalue weighted by molar-refractivity contribution is 5.69. The van der Waals surface area contributed by atoms with Gasteiger partial charge in [0.15, 0.2) is 0 Å². The van der Waals surface area contributed by atoms with Gasteiger partial charge in [-0.2, -0.15) is 0 Å². The first-order chi connectivity index (χ1) is 8.92. The summed E-state index contributed by atoms with van der Waals surface area (Å²) in [4.78, 5) is 12.5. The van der Waals surface area contributed by atoms with Crippen LogP contribution in [-0.2, 0) is 11.3 Å². The number of carboxylic acid groups (broad SMARTS) is 1. The highest BCUT2D eigenvalue weighted by Crippen LogP contribution is 2.18. The molecule has 5 heteroatoms. The van der Waals surface area contributed by atoms with Gasteiger partial charge in [-0.15, -0.1) is 0 Å². The fraction of sp³-hybridized carbons (Fsp3) is 0.500. The number of hydrogen-bond donors (Lipinski definition) is 1. The van der Waals surface area contributed by atoms with Crippen molar-refractivity contribution in [2.75, 3.05) is 20.2 Å². The molecule has 0 saturated heterocycles. The van der Waals surface area contributed by atoms with E-state index in [0.29, 0.717) is 23.8 Å². The number of halogens is 1. The normalized spacial score (nSPS) is 11.1. The van der Waals surface area contributed by atoms with Gasteiger partial charge in [0.2, 0.25) is 0 Å². The van der Waals surface area contributed by atoms with Crippen LogP contribution in [0.15, 0.2) is 18.2 Å². The Bertz CT molecular complexity index is 435. The third-order valence-corrected chi connectivity index (χ3v) is 2.64. The number of methoxy groups -OCH3 is 1. The maximum atomic E-state index is 13.8. The van der Waals surface area contributed by atoms with Crippen molar-refractivity contribution in [1.82, 2.24) is 4.90 Å². The van der Waals surface area contributed by atoms with Crippen molar-refractivity contribution in [2.45, 2.75) is 20.4 Å². The lowest BCUT2D eigenvalue weighted by Gasteiger charge is -2.22. The number of nitrogens with zero attached hydrogens (tertiary/aromatic N) is 1. The Morgan fingerprint density at radius 1 is 1.47 bits per heavy atom. The Kier molecular flexibility index (Phi) is 5.76. The van der Waals surface area contributed by atoms with Crippen molar-refractivity contribution in [3.8, 4) is 5.75 Å². The lowest BCUT2D eigenvalue weighted by atomic mass is 10.1. The molecule has 0 saturated carbocycles. The molecule has 1 N–H and O–H groups in total. The van der Waals surface area contributed by atoms with Crippen LogP contribution in [0.5, 0.6) is 5.75 Å². The zero-order valence-corrected chi connectivity index (χ0v) is 11.5. The predicted octanol–water partition coefficient (Wildman–Crippen LogP) is 2.38. The van der Waals surface area contributed by atoms with Gasteiger partial charge in [-0.1, -0.05) is 19.9 Å². The van der Waals surface area contributed by atoms with Gasteiger partial charge in [0, 0.05) is 24.7 Å². The van der Waals surface area contributed by atoms with Crippen molar-refractivity contribution in [2.24, 2.45) is 5.92 Å². The summed E-state index contributed by atoms with van der Waals surface area (Å²) in [6, 6.07) is 4.61. The zero-order valence-electron chi connectivity index (χ0n) is 11.5. The van der Waals surface area contributed by atoms with E-state index in [1.807, 2.05) is 13.8 Å². The van der Waals surface area contributed by atoms with Gasteiger partial charge >= 0.3 is 5.97 Å². The van der Waals surface area contributed by atoms with Crippen molar-refractivity contribution < 1.29 is 19.0 Å².